The summed E-state index contributed by atoms with van der Waals surface area (Å²) >= 11 is 0. The first-order valence-electron chi connectivity index (χ1n) is 9.63. The number of aromatic hydroxyl groups is 1. The van der Waals surface area contributed by atoms with Crippen molar-refractivity contribution < 1.29 is 14.7 Å². The number of carbonyl (C=O) groups excluding carboxylic acids is 2. The third kappa shape index (κ3) is 4.10. The topological polar surface area (TPSA) is 72.9 Å². The average molecular weight is 373 g/mol. The summed E-state index contributed by atoms with van der Waals surface area (Å²) in [6, 6.07) is 6.42. The molecular formula is C21H31N3O3. The predicted molar refractivity (Wildman–Crippen MR) is 105 cm³/mol. The Labute approximate surface area is 161 Å². The molecule has 0 radical (unpaired) electrons. The molecule has 0 bridgehead atoms. The van der Waals surface area contributed by atoms with Crippen LogP contribution in [0.4, 0.5) is 5.69 Å². The molecule has 1 aromatic carbocycles. The number of phenolic OH excluding ortho intramolecular Hbond substituents is 1. The molecule has 1 aromatic rings. The van der Waals surface area contributed by atoms with E-state index >= 15 is 0 Å². The third-order valence-electron chi connectivity index (χ3n) is 6.08. The van der Waals surface area contributed by atoms with Crippen LogP contribution in [0.1, 0.15) is 33.1 Å². The minimum absolute atomic E-state index is 0.0596. The van der Waals surface area contributed by atoms with Gasteiger partial charge in [0, 0.05) is 49.6 Å². The van der Waals surface area contributed by atoms with Crippen molar-refractivity contribution >= 4 is 17.5 Å². The second-order valence-corrected chi connectivity index (χ2v) is 9.19. The number of benzene rings is 1. The first-order valence-corrected chi connectivity index (χ1v) is 9.63. The maximum Gasteiger partial charge on any atom is 0.224 e. The first-order chi connectivity index (χ1) is 12.6. The van der Waals surface area contributed by atoms with Gasteiger partial charge >= 0.3 is 0 Å². The molecule has 6 nitrogen and oxygen atoms in total. The van der Waals surface area contributed by atoms with Crippen molar-refractivity contribution in [1.29, 1.82) is 0 Å². The molecule has 2 aliphatic rings. The number of carbonyl (C=O) groups is 2. The van der Waals surface area contributed by atoms with E-state index in [9.17, 15) is 14.7 Å². The third-order valence-corrected chi connectivity index (χ3v) is 6.08. The summed E-state index contributed by atoms with van der Waals surface area (Å²) in [5.74, 6) is 0.478. The zero-order chi connectivity index (χ0) is 19.8. The van der Waals surface area contributed by atoms with Gasteiger partial charge in [-0.2, -0.15) is 0 Å². The Kier molecular flexibility index (Phi) is 5.21. The van der Waals surface area contributed by atoms with Crippen molar-refractivity contribution in [2.75, 3.05) is 39.0 Å². The van der Waals surface area contributed by atoms with Gasteiger partial charge in [-0.15, -0.1) is 0 Å². The molecule has 0 spiro atoms. The van der Waals surface area contributed by atoms with E-state index in [1.165, 1.54) is 6.07 Å². The van der Waals surface area contributed by atoms with Gasteiger partial charge in [-0.1, -0.05) is 19.9 Å². The van der Waals surface area contributed by atoms with Crippen LogP contribution >= 0.6 is 0 Å². The van der Waals surface area contributed by atoms with Gasteiger partial charge in [0.2, 0.25) is 11.8 Å². The van der Waals surface area contributed by atoms with Crippen LogP contribution < -0.4 is 5.32 Å². The highest BCUT2D eigenvalue weighted by Crippen LogP contribution is 2.62. The molecule has 148 valence electrons. The minimum atomic E-state index is -0.209. The molecule has 2 N–H and O–H groups in total. The smallest absolute Gasteiger partial charge is 0.224 e. The lowest BCUT2D eigenvalue weighted by molar-refractivity contribution is -0.132. The first kappa shape index (κ1) is 19.7. The summed E-state index contributed by atoms with van der Waals surface area (Å²) in [6.45, 7) is 7.19. The zero-order valence-electron chi connectivity index (χ0n) is 16.8. The van der Waals surface area contributed by atoms with Crippen LogP contribution in [0.15, 0.2) is 24.3 Å². The van der Waals surface area contributed by atoms with Gasteiger partial charge in [0.15, 0.2) is 0 Å². The fraction of sp³-hybridized carbons (Fsp3) is 0.619. The SMILES string of the molecule is CN(C)C[C@@]12CN(C(=O)CCC(=O)Nc3cccc(O)c3)C[C@@H]1C(C)(C)C2. The van der Waals surface area contributed by atoms with Gasteiger partial charge in [-0.25, -0.2) is 0 Å². The molecule has 1 aliphatic heterocycles. The quantitative estimate of drug-likeness (QED) is 0.804. The molecule has 27 heavy (non-hydrogen) atoms. The summed E-state index contributed by atoms with van der Waals surface area (Å²) in [7, 11) is 4.18. The van der Waals surface area contributed by atoms with Crippen LogP contribution in [-0.2, 0) is 9.59 Å². The van der Waals surface area contributed by atoms with Gasteiger partial charge in [-0.05, 0) is 44.0 Å². The van der Waals surface area contributed by atoms with Crippen molar-refractivity contribution in [3.63, 3.8) is 0 Å². The summed E-state index contributed by atoms with van der Waals surface area (Å²) in [6.07, 6.45) is 1.51. The van der Waals surface area contributed by atoms with Crippen LogP contribution in [0.2, 0.25) is 0 Å². The zero-order valence-corrected chi connectivity index (χ0v) is 16.8. The lowest BCUT2D eigenvalue weighted by Crippen LogP contribution is -2.57. The molecule has 2 fully saturated rings. The summed E-state index contributed by atoms with van der Waals surface area (Å²) in [4.78, 5) is 29.0. The van der Waals surface area contributed by atoms with E-state index in [4.69, 9.17) is 0 Å². The predicted octanol–water partition coefficient (Wildman–Crippen LogP) is 2.55. The molecule has 1 saturated carbocycles. The number of rotatable bonds is 6. The van der Waals surface area contributed by atoms with Crippen LogP contribution in [0.5, 0.6) is 5.75 Å². The summed E-state index contributed by atoms with van der Waals surface area (Å²) in [5, 5.41) is 12.2. The maximum atomic E-state index is 12.7. The van der Waals surface area contributed by atoms with E-state index in [0.29, 0.717) is 11.6 Å². The lowest BCUT2D eigenvalue weighted by Gasteiger charge is -2.57. The van der Waals surface area contributed by atoms with E-state index < -0.39 is 0 Å². The van der Waals surface area contributed by atoms with Crippen LogP contribution in [-0.4, -0.2) is 60.5 Å². The number of nitrogens with one attached hydrogen (secondary N) is 1. The number of phenols is 1. The van der Waals surface area contributed by atoms with E-state index in [2.05, 4.69) is 38.2 Å². The van der Waals surface area contributed by atoms with E-state index in [0.717, 1.165) is 26.1 Å². The number of hydrogen-bond acceptors (Lipinski definition) is 4. The number of hydrogen-bond donors (Lipinski definition) is 2. The Bertz CT molecular complexity index is 727. The number of fused-ring (bicyclic) bond motifs is 1. The van der Waals surface area contributed by atoms with Crippen LogP contribution in [0.25, 0.3) is 0 Å². The van der Waals surface area contributed by atoms with Crippen molar-refractivity contribution in [1.82, 2.24) is 9.80 Å². The monoisotopic (exact) mass is 373 g/mol. The number of nitrogens with zero attached hydrogens (tertiary/aromatic N) is 2. The van der Waals surface area contributed by atoms with Crippen molar-refractivity contribution in [2.45, 2.75) is 33.1 Å². The summed E-state index contributed by atoms with van der Waals surface area (Å²) < 4.78 is 0. The van der Waals surface area contributed by atoms with Crippen molar-refractivity contribution in [3.8, 4) is 5.75 Å². The van der Waals surface area contributed by atoms with Crippen LogP contribution in [0.3, 0.4) is 0 Å². The average Bonchev–Trinajstić information content (AvgIpc) is 2.86. The lowest BCUT2D eigenvalue weighted by atomic mass is 9.48. The molecule has 1 saturated heterocycles. The Balaban J connectivity index is 1.53. The Morgan fingerprint density at radius 2 is 2.04 bits per heavy atom. The molecule has 2 amide bonds. The fourth-order valence-corrected chi connectivity index (χ4v) is 5.35. The molecule has 0 unspecified atom stereocenters. The normalized spacial score (nSPS) is 25.8. The van der Waals surface area contributed by atoms with Gasteiger partial charge < -0.3 is 20.2 Å². The van der Waals surface area contributed by atoms with E-state index in [1.807, 2.05) is 4.90 Å². The van der Waals surface area contributed by atoms with Crippen molar-refractivity contribution in [3.05, 3.63) is 24.3 Å². The number of anilines is 1. The van der Waals surface area contributed by atoms with Gasteiger partial charge in [0.25, 0.3) is 0 Å². The molecule has 3 rings (SSSR count). The molecule has 2 atom stereocenters. The van der Waals surface area contributed by atoms with Gasteiger partial charge in [0.1, 0.15) is 5.75 Å². The second kappa shape index (κ2) is 7.15. The largest absolute Gasteiger partial charge is 0.508 e. The van der Waals surface area contributed by atoms with Gasteiger partial charge in [-0.3, -0.25) is 9.59 Å². The van der Waals surface area contributed by atoms with Crippen molar-refractivity contribution in [2.24, 2.45) is 16.7 Å². The molecule has 0 aromatic heterocycles. The highest BCUT2D eigenvalue weighted by Gasteiger charge is 2.63. The van der Waals surface area contributed by atoms with Crippen LogP contribution in [0, 0.1) is 16.7 Å². The Hall–Kier alpha value is -2.08. The molecule has 1 aliphatic carbocycles. The Morgan fingerprint density at radius 1 is 1.30 bits per heavy atom. The highest BCUT2D eigenvalue weighted by molar-refractivity contribution is 5.93. The maximum absolute atomic E-state index is 12.7. The number of amides is 2. The molecule has 6 heteroatoms. The van der Waals surface area contributed by atoms with Gasteiger partial charge in [0.05, 0.1) is 0 Å². The van der Waals surface area contributed by atoms with E-state index in [1.54, 1.807) is 18.2 Å². The molecular weight excluding hydrogens is 342 g/mol. The summed E-state index contributed by atoms with van der Waals surface area (Å²) in [5.41, 5.74) is 1.02. The second-order valence-electron chi connectivity index (χ2n) is 9.19. The molecule has 1 heterocycles. The highest BCUT2D eigenvalue weighted by atomic mass is 16.3. The Morgan fingerprint density at radius 3 is 2.67 bits per heavy atom. The minimum Gasteiger partial charge on any atom is -0.508 e. The number of likely N-dealkylation sites (tertiary alicyclic amines) is 1. The fourth-order valence-electron chi connectivity index (χ4n) is 5.35. The van der Waals surface area contributed by atoms with E-state index in [-0.39, 0.29) is 41.2 Å². The standard InChI is InChI=1S/C21H31N3O3/c1-20(2)12-21(13-23(3)4)14-24(11-17(20)21)19(27)9-8-18(26)22-15-6-5-7-16(25)10-15/h5-7,10,17,25H,8-9,11-14H2,1-4H3,(H,22,26)/t17-,21+/m1/s1.